The van der Waals surface area contributed by atoms with Crippen LogP contribution in [0.1, 0.15) is 0 Å². The molecule has 0 amide bonds. The highest BCUT2D eigenvalue weighted by atomic mass is 15.0. The molecule has 49 heavy (non-hydrogen) atoms. The Bertz CT molecular complexity index is 2800. The van der Waals surface area contributed by atoms with Gasteiger partial charge in [-0.15, -0.1) is 0 Å². The molecule has 0 atom stereocenters. The van der Waals surface area contributed by atoms with Crippen LogP contribution in [-0.2, 0) is 0 Å². The summed E-state index contributed by atoms with van der Waals surface area (Å²) < 4.78 is 2.39. The Morgan fingerprint density at radius 3 is 1.47 bits per heavy atom. The van der Waals surface area contributed by atoms with Crippen molar-refractivity contribution in [2.75, 3.05) is 0 Å². The molecule has 0 aliphatic rings. The SMILES string of the molecule is c1ccc(-c2ccc3c(-c4ccc(-n5c6ccccc6c6ccccc65)cc4)c4ccccc4c(-c4ccc5ccccc5c4)c3c2)cc1. The van der Waals surface area contributed by atoms with E-state index in [2.05, 4.69) is 193 Å². The van der Waals surface area contributed by atoms with E-state index in [0.717, 1.165) is 5.69 Å². The first-order chi connectivity index (χ1) is 24.3. The van der Waals surface area contributed by atoms with Gasteiger partial charge in [-0.1, -0.05) is 152 Å². The fourth-order valence-electron chi connectivity index (χ4n) is 7.93. The van der Waals surface area contributed by atoms with E-state index in [-0.39, 0.29) is 0 Å². The monoisotopic (exact) mass is 621 g/mol. The van der Waals surface area contributed by atoms with Gasteiger partial charge in [-0.2, -0.15) is 0 Å². The highest BCUT2D eigenvalue weighted by molar-refractivity contribution is 6.22. The van der Waals surface area contributed by atoms with Gasteiger partial charge < -0.3 is 4.57 Å². The zero-order valence-corrected chi connectivity index (χ0v) is 26.8. The molecule has 0 fully saturated rings. The lowest BCUT2D eigenvalue weighted by molar-refractivity contribution is 1.18. The van der Waals surface area contributed by atoms with Gasteiger partial charge in [-0.25, -0.2) is 0 Å². The largest absolute Gasteiger partial charge is 0.309 e. The van der Waals surface area contributed by atoms with Crippen LogP contribution in [0, 0.1) is 0 Å². The van der Waals surface area contributed by atoms with E-state index in [0.29, 0.717) is 0 Å². The zero-order chi connectivity index (χ0) is 32.3. The van der Waals surface area contributed by atoms with Crippen molar-refractivity contribution < 1.29 is 0 Å². The predicted molar refractivity (Wildman–Crippen MR) is 210 cm³/mol. The van der Waals surface area contributed by atoms with Crippen molar-refractivity contribution in [1.82, 2.24) is 4.57 Å². The number of aromatic nitrogens is 1. The maximum atomic E-state index is 2.40. The van der Waals surface area contributed by atoms with Crippen molar-refractivity contribution >= 4 is 54.1 Å². The standard InChI is InChI=1S/C48H31N/c1-2-12-32(13-3-1)36-26-29-43-44(31-36)48(37-23-22-33-14-4-5-15-35(33)30-37)42-19-7-6-18-41(42)47(43)34-24-27-38(28-25-34)49-45-20-10-8-16-39(45)40-17-9-11-21-46(40)49/h1-31H. The van der Waals surface area contributed by atoms with E-state index in [9.17, 15) is 0 Å². The van der Waals surface area contributed by atoms with Crippen molar-refractivity contribution in [3.63, 3.8) is 0 Å². The summed E-state index contributed by atoms with van der Waals surface area (Å²) in [7, 11) is 0. The van der Waals surface area contributed by atoms with E-state index in [1.807, 2.05) is 0 Å². The number of nitrogens with zero attached hydrogens (tertiary/aromatic N) is 1. The molecule has 0 radical (unpaired) electrons. The van der Waals surface area contributed by atoms with Crippen molar-refractivity contribution in [2.24, 2.45) is 0 Å². The Kier molecular flexibility index (Phi) is 6.25. The van der Waals surface area contributed by atoms with Crippen LogP contribution in [-0.4, -0.2) is 4.57 Å². The molecule has 1 aromatic heterocycles. The molecule has 1 nitrogen and oxygen atoms in total. The molecule has 0 saturated heterocycles. The Morgan fingerprint density at radius 2 is 0.776 bits per heavy atom. The average molecular weight is 622 g/mol. The molecule has 0 saturated carbocycles. The lowest BCUT2D eigenvalue weighted by Gasteiger charge is -2.19. The van der Waals surface area contributed by atoms with Crippen LogP contribution in [0.4, 0.5) is 0 Å². The Balaban J connectivity index is 1.24. The van der Waals surface area contributed by atoms with Crippen LogP contribution in [0.25, 0.3) is 93.2 Å². The summed E-state index contributed by atoms with van der Waals surface area (Å²) in [4.78, 5) is 0. The Morgan fingerprint density at radius 1 is 0.265 bits per heavy atom. The van der Waals surface area contributed by atoms with E-state index >= 15 is 0 Å². The molecule has 0 unspecified atom stereocenters. The minimum absolute atomic E-state index is 1.16. The second kappa shape index (κ2) is 11.1. The Labute approximate surface area is 284 Å². The molecular weight excluding hydrogens is 591 g/mol. The van der Waals surface area contributed by atoms with Gasteiger partial charge in [0.25, 0.3) is 0 Å². The summed E-state index contributed by atoms with van der Waals surface area (Å²) in [5.41, 5.74) is 11.0. The fraction of sp³-hybridized carbons (Fsp3) is 0. The number of fused-ring (bicyclic) bond motifs is 6. The van der Waals surface area contributed by atoms with Gasteiger partial charge in [0.15, 0.2) is 0 Å². The first-order valence-electron chi connectivity index (χ1n) is 16.9. The van der Waals surface area contributed by atoms with Gasteiger partial charge in [-0.05, 0) is 102 Å². The predicted octanol–water partition coefficient (Wildman–Crippen LogP) is 13.2. The van der Waals surface area contributed by atoms with E-state index in [1.54, 1.807) is 0 Å². The molecule has 228 valence electrons. The molecule has 1 heterocycles. The lowest BCUT2D eigenvalue weighted by Crippen LogP contribution is -1.95. The first kappa shape index (κ1) is 27.7. The molecule has 10 rings (SSSR count). The molecule has 0 N–H and O–H groups in total. The number of rotatable bonds is 4. The summed E-state index contributed by atoms with van der Waals surface area (Å²) in [6.07, 6.45) is 0. The fourth-order valence-corrected chi connectivity index (χ4v) is 7.93. The number of hydrogen-bond donors (Lipinski definition) is 0. The molecule has 9 aromatic carbocycles. The lowest BCUT2D eigenvalue weighted by atomic mass is 9.84. The second-order valence-corrected chi connectivity index (χ2v) is 12.9. The van der Waals surface area contributed by atoms with Crippen LogP contribution in [0.2, 0.25) is 0 Å². The molecular formula is C48H31N. The average Bonchev–Trinajstić information content (AvgIpc) is 3.51. The number of para-hydroxylation sites is 2. The first-order valence-corrected chi connectivity index (χ1v) is 16.9. The van der Waals surface area contributed by atoms with Crippen LogP contribution >= 0.6 is 0 Å². The van der Waals surface area contributed by atoms with Crippen molar-refractivity contribution in [1.29, 1.82) is 0 Å². The maximum Gasteiger partial charge on any atom is 0.0541 e. The molecule has 1 heteroatoms. The van der Waals surface area contributed by atoms with Gasteiger partial charge in [0, 0.05) is 16.5 Å². The molecule has 0 spiro atoms. The van der Waals surface area contributed by atoms with Gasteiger partial charge in [0.1, 0.15) is 0 Å². The summed E-state index contributed by atoms with van der Waals surface area (Å²) in [6.45, 7) is 0. The third-order valence-electron chi connectivity index (χ3n) is 10.2. The van der Waals surface area contributed by atoms with Crippen LogP contribution in [0.5, 0.6) is 0 Å². The van der Waals surface area contributed by atoms with E-state index in [4.69, 9.17) is 0 Å². The summed E-state index contributed by atoms with van der Waals surface area (Å²) in [6, 6.07) is 68.8. The molecule has 0 aliphatic carbocycles. The highest BCUT2D eigenvalue weighted by Gasteiger charge is 2.18. The Hall–Kier alpha value is -6.44. The third kappa shape index (κ3) is 4.40. The van der Waals surface area contributed by atoms with Crippen molar-refractivity contribution in [2.45, 2.75) is 0 Å². The van der Waals surface area contributed by atoms with E-state index < -0.39 is 0 Å². The normalized spacial score (nSPS) is 11.7. The zero-order valence-electron chi connectivity index (χ0n) is 26.8. The van der Waals surface area contributed by atoms with Crippen LogP contribution in [0.3, 0.4) is 0 Å². The second-order valence-electron chi connectivity index (χ2n) is 12.9. The minimum atomic E-state index is 1.16. The van der Waals surface area contributed by atoms with Crippen LogP contribution in [0.15, 0.2) is 188 Å². The maximum absolute atomic E-state index is 2.40. The van der Waals surface area contributed by atoms with Crippen LogP contribution < -0.4 is 0 Å². The smallest absolute Gasteiger partial charge is 0.0541 e. The van der Waals surface area contributed by atoms with Gasteiger partial charge >= 0.3 is 0 Å². The van der Waals surface area contributed by atoms with Gasteiger partial charge in [-0.3, -0.25) is 0 Å². The summed E-state index contributed by atoms with van der Waals surface area (Å²) >= 11 is 0. The topological polar surface area (TPSA) is 4.93 Å². The molecule has 0 aliphatic heterocycles. The summed E-state index contributed by atoms with van der Waals surface area (Å²) in [5, 5.41) is 10.1. The van der Waals surface area contributed by atoms with Crippen molar-refractivity contribution in [3.05, 3.63) is 188 Å². The number of hydrogen-bond acceptors (Lipinski definition) is 0. The van der Waals surface area contributed by atoms with E-state index in [1.165, 1.54) is 87.5 Å². The van der Waals surface area contributed by atoms with Gasteiger partial charge in [0.05, 0.1) is 11.0 Å². The number of benzene rings is 9. The highest BCUT2D eigenvalue weighted by Crippen LogP contribution is 2.45. The van der Waals surface area contributed by atoms with Crippen molar-refractivity contribution in [3.8, 4) is 39.1 Å². The molecule has 0 bridgehead atoms. The quantitative estimate of drug-likeness (QED) is 0.172. The summed E-state index contributed by atoms with van der Waals surface area (Å²) in [5.74, 6) is 0. The molecule has 10 aromatic rings. The minimum Gasteiger partial charge on any atom is -0.309 e. The van der Waals surface area contributed by atoms with Gasteiger partial charge in [0.2, 0.25) is 0 Å². The third-order valence-corrected chi connectivity index (χ3v) is 10.2.